The molecule has 1 N–H and O–H groups in total. The van der Waals surface area contributed by atoms with Crippen molar-refractivity contribution in [2.24, 2.45) is 0 Å². The Kier molecular flexibility index (Phi) is 3.74. The largest absolute Gasteiger partial charge is 0.497 e. The summed E-state index contributed by atoms with van der Waals surface area (Å²) in [5.74, 6) is 1.40. The number of fused-ring (bicyclic) bond motifs is 1. The third kappa shape index (κ3) is 2.76. The second kappa shape index (κ2) is 5.85. The van der Waals surface area contributed by atoms with Crippen molar-refractivity contribution < 1.29 is 9.53 Å². The second-order valence-electron chi connectivity index (χ2n) is 4.94. The predicted molar refractivity (Wildman–Crippen MR) is 83.1 cm³/mol. The number of aromatic nitrogens is 3. The van der Waals surface area contributed by atoms with Gasteiger partial charge in [-0.1, -0.05) is 12.1 Å². The van der Waals surface area contributed by atoms with Crippen LogP contribution < -0.4 is 10.1 Å². The average molecular weight is 296 g/mol. The number of anilines is 1. The fourth-order valence-corrected chi connectivity index (χ4v) is 2.29. The van der Waals surface area contributed by atoms with Crippen molar-refractivity contribution in [2.75, 3.05) is 12.4 Å². The van der Waals surface area contributed by atoms with Crippen LogP contribution in [0.1, 0.15) is 11.4 Å². The van der Waals surface area contributed by atoms with Crippen LogP contribution in [-0.2, 0) is 11.2 Å². The molecule has 0 aliphatic heterocycles. The Bertz CT molecular complexity index is 826. The normalized spacial score (nSPS) is 10.6. The molecule has 2 heterocycles. The Labute approximate surface area is 127 Å². The first-order valence-electron chi connectivity index (χ1n) is 6.90. The zero-order valence-electron chi connectivity index (χ0n) is 12.4. The Balaban J connectivity index is 1.78. The Morgan fingerprint density at radius 3 is 2.95 bits per heavy atom. The highest BCUT2D eigenvalue weighted by atomic mass is 16.5. The average Bonchev–Trinajstić information content (AvgIpc) is 2.90. The molecule has 0 spiro atoms. The molecule has 0 saturated carbocycles. The molecule has 0 aliphatic carbocycles. The van der Waals surface area contributed by atoms with E-state index >= 15 is 0 Å². The van der Waals surface area contributed by atoms with Gasteiger partial charge in [0.15, 0.2) is 5.65 Å². The zero-order chi connectivity index (χ0) is 15.5. The summed E-state index contributed by atoms with van der Waals surface area (Å²) < 4.78 is 7.00. The van der Waals surface area contributed by atoms with Gasteiger partial charge in [0.05, 0.1) is 19.2 Å². The van der Waals surface area contributed by atoms with Crippen LogP contribution in [0, 0.1) is 6.92 Å². The van der Waals surface area contributed by atoms with Crippen LogP contribution >= 0.6 is 0 Å². The molecule has 3 rings (SSSR count). The van der Waals surface area contributed by atoms with E-state index in [1.807, 2.05) is 53.9 Å². The van der Waals surface area contributed by atoms with Gasteiger partial charge in [0, 0.05) is 6.20 Å². The molecule has 1 amide bonds. The minimum absolute atomic E-state index is 0.109. The lowest BCUT2D eigenvalue weighted by atomic mass is 10.1. The van der Waals surface area contributed by atoms with Crippen molar-refractivity contribution in [2.45, 2.75) is 13.3 Å². The number of aryl methyl sites for hydroxylation is 1. The van der Waals surface area contributed by atoms with Gasteiger partial charge >= 0.3 is 0 Å². The monoisotopic (exact) mass is 296 g/mol. The number of pyridine rings is 1. The van der Waals surface area contributed by atoms with Gasteiger partial charge in [0.1, 0.15) is 11.6 Å². The number of nitrogens with one attached hydrogen (secondary N) is 1. The summed E-state index contributed by atoms with van der Waals surface area (Å²) in [5.41, 5.74) is 2.18. The number of benzene rings is 1. The van der Waals surface area contributed by atoms with Crippen molar-refractivity contribution in [1.82, 2.24) is 14.6 Å². The highest BCUT2D eigenvalue weighted by molar-refractivity contribution is 5.95. The standard InChI is InChI=1S/C16H16N4O2/c1-11-18-19-16-14(7-4-8-20(11)16)17-15(21)10-12-5-3-6-13(9-12)22-2/h3-9H,10H2,1-2H3,(H,17,21). The van der Waals surface area contributed by atoms with Gasteiger partial charge in [-0.25, -0.2) is 0 Å². The van der Waals surface area contributed by atoms with Crippen LogP contribution in [0.4, 0.5) is 5.69 Å². The van der Waals surface area contributed by atoms with E-state index in [4.69, 9.17) is 4.74 Å². The number of hydrogen-bond donors (Lipinski definition) is 1. The Morgan fingerprint density at radius 2 is 2.14 bits per heavy atom. The molecule has 0 aliphatic rings. The quantitative estimate of drug-likeness (QED) is 0.801. The SMILES string of the molecule is COc1cccc(CC(=O)Nc2cccn3c(C)nnc23)c1. The molecule has 2 aromatic heterocycles. The van der Waals surface area contributed by atoms with E-state index in [1.165, 1.54) is 0 Å². The molecule has 6 nitrogen and oxygen atoms in total. The molecule has 112 valence electrons. The fraction of sp³-hybridized carbons (Fsp3) is 0.188. The summed E-state index contributed by atoms with van der Waals surface area (Å²) in [5, 5.41) is 11.0. The van der Waals surface area contributed by atoms with Gasteiger partial charge in [0.25, 0.3) is 0 Å². The van der Waals surface area contributed by atoms with Gasteiger partial charge in [-0.3, -0.25) is 9.20 Å². The van der Waals surface area contributed by atoms with Crippen LogP contribution in [0.2, 0.25) is 0 Å². The van der Waals surface area contributed by atoms with E-state index in [0.717, 1.165) is 17.1 Å². The third-order valence-corrected chi connectivity index (χ3v) is 3.38. The lowest BCUT2D eigenvalue weighted by molar-refractivity contribution is -0.115. The van der Waals surface area contributed by atoms with E-state index in [-0.39, 0.29) is 12.3 Å². The minimum atomic E-state index is -0.109. The first kappa shape index (κ1) is 14.1. The second-order valence-corrected chi connectivity index (χ2v) is 4.94. The first-order valence-corrected chi connectivity index (χ1v) is 6.90. The molecule has 0 atom stereocenters. The van der Waals surface area contributed by atoms with Gasteiger partial charge in [-0.05, 0) is 36.8 Å². The van der Waals surface area contributed by atoms with Gasteiger partial charge in [-0.15, -0.1) is 10.2 Å². The van der Waals surface area contributed by atoms with E-state index < -0.39 is 0 Å². The van der Waals surface area contributed by atoms with E-state index in [1.54, 1.807) is 7.11 Å². The summed E-state index contributed by atoms with van der Waals surface area (Å²) >= 11 is 0. The van der Waals surface area contributed by atoms with Crippen molar-refractivity contribution in [3.05, 3.63) is 54.0 Å². The third-order valence-electron chi connectivity index (χ3n) is 3.38. The van der Waals surface area contributed by atoms with Crippen LogP contribution in [-0.4, -0.2) is 27.6 Å². The molecule has 0 fully saturated rings. The number of nitrogens with zero attached hydrogens (tertiary/aromatic N) is 3. The molecule has 0 radical (unpaired) electrons. The highest BCUT2D eigenvalue weighted by Gasteiger charge is 2.10. The number of carbonyl (C=O) groups excluding carboxylic acids is 1. The summed E-state index contributed by atoms with van der Waals surface area (Å²) in [7, 11) is 1.60. The topological polar surface area (TPSA) is 68.5 Å². The number of rotatable bonds is 4. The number of amides is 1. The zero-order valence-corrected chi connectivity index (χ0v) is 12.4. The lowest BCUT2D eigenvalue weighted by Gasteiger charge is -2.07. The maximum atomic E-state index is 12.2. The smallest absolute Gasteiger partial charge is 0.228 e. The van der Waals surface area contributed by atoms with Crippen molar-refractivity contribution in [3.8, 4) is 5.75 Å². The number of carbonyl (C=O) groups is 1. The highest BCUT2D eigenvalue weighted by Crippen LogP contribution is 2.17. The molecule has 1 aromatic carbocycles. The maximum Gasteiger partial charge on any atom is 0.228 e. The van der Waals surface area contributed by atoms with Crippen LogP contribution in [0.15, 0.2) is 42.6 Å². The predicted octanol–water partition coefficient (Wildman–Crippen LogP) is 2.23. The Hall–Kier alpha value is -2.89. The minimum Gasteiger partial charge on any atom is -0.497 e. The van der Waals surface area contributed by atoms with Crippen LogP contribution in [0.3, 0.4) is 0 Å². The lowest BCUT2D eigenvalue weighted by Crippen LogP contribution is -2.15. The van der Waals surface area contributed by atoms with Crippen LogP contribution in [0.5, 0.6) is 5.75 Å². The number of methoxy groups -OCH3 is 1. The maximum absolute atomic E-state index is 12.2. The van der Waals surface area contributed by atoms with Crippen molar-refractivity contribution in [1.29, 1.82) is 0 Å². The molecular formula is C16H16N4O2. The van der Waals surface area contributed by atoms with Crippen molar-refractivity contribution >= 4 is 17.2 Å². The van der Waals surface area contributed by atoms with Gasteiger partial charge in [-0.2, -0.15) is 0 Å². The Morgan fingerprint density at radius 1 is 1.27 bits per heavy atom. The van der Waals surface area contributed by atoms with E-state index in [9.17, 15) is 4.79 Å². The van der Waals surface area contributed by atoms with E-state index in [2.05, 4.69) is 15.5 Å². The van der Waals surface area contributed by atoms with Crippen molar-refractivity contribution in [3.63, 3.8) is 0 Å². The summed E-state index contributed by atoms with van der Waals surface area (Å²) in [4.78, 5) is 12.2. The van der Waals surface area contributed by atoms with E-state index in [0.29, 0.717) is 11.3 Å². The fourth-order valence-electron chi connectivity index (χ4n) is 2.29. The molecule has 0 bridgehead atoms. The summed E-state index contributed by atoms with van der Waals surface area (Å²) in [6.07, 6.45) is 2.13. The molecule has 0 saturated heterocycles. The van der Waals surface area contributed by atoms with Gasteiger partial charge in [0.2, 0.25) is 5.91 Å². The molecule has 22 heavy (non-hydrogen) atoms. The first-order chi connectivity index (χ1) is 10.7. The number of ether oxygens (including phenoxy) is 1. The number of hydrogen-bond acceptors (Lipinski definition) is 4. The summed E-state index contributed by atoms with van der Waals surface area (Å²) in [6.45, 7) is 1.86. The van der Waals surface area contributed by atoms with Crippen LogP contribution in [0.25, 0.3) is 5.65 Å². The molecule has 0 unspecified atom stereocenters. The van der Waals surface area contributed by atoms with Gasteiger partial charge < -0.3 is 10.1 Å². The molecular weight excluding hydrogens is 280 g/mol. The molecule has 6 heteroatoms. The molecule has 3 aromatic rings. The summed E-state index contributed by atoms with van der Waals surface area (Å²) in [6, 6.07) is 11.1.